The number of nitrogens with zero attached hydrogens (tertiary/aromatic N) is 2. The molecule has 2 aromatic carbocycles. The van der Waals surface area contributed by atoms with Gasteiger partial charge in [0.15, 0.2) is 0 Å². The lowest BCUT2D eigenvalue weighted by atomic mass is 10.0. The normalized spacial score (nSPS) is 17.0. The average molecular weight is 349 g/mol. The number of nitriles is 1. The number of benzene rings is 2. The number of likely N-dealkylation sites (tertiary alicyclic amines) is 1. The largest absolute Gasteiger partial charge is 0.387 e. The summed E-state index contributed by atoms with van der Waals surface area (Å²) in [5.41, 5.74) is 4.12. The smallest absolute Gasteiger partial charge is 0.0991 e. The number of aliphatic hydroxyl groups is 1. The summed E-state index contributed by atoms with van der Waals surface area (Å²) in [7, 11) is 0. The van der Waals surface area contributed by atoms with Gasteiger partial charge >= 0.3 is 0 Å². The summed E-state index contributed by atoms with van der Waals surface area (Å²) < 4.78 is 0. The van der Waals surface area contributed by atoms with Crippen molar-refractivity contribution < 1.29 is 5.11 Å². The minimum atomic E-state index is -0.451. The van der Waals surface area contributed by atoms with E-state index in [9.17, 15) is 5.11 Å². The summed E-state index contributed by atoms with van der Waals surface area (Å²) in [6.45, 7) is 5.69. The van der Waals surface area contributed by atoms with E-state index < -0.39 is 6.10 Å². The molecular formula is C22H27N3O. The Morgan fingerprint density at radius 2 is 1.85 bits per heavy atom. The van der Waals surface area contributed by atoms with Gasteiger partial charge in [-0.1, -0.05) is 36.4 Å². The Morgan fingerprint density at radius 3 is 2.50 bits per heavy atom. The topological polar surface area (TPSA) is 59.3 Å². The molecule has 2 aromatic rings. The molecule has 1 aliphatic rings. The Labute approximate surface area is 156 Å². The molecule has 0 aliphatic carbocycles. The van der Waals surface area contributed by atoms with Crippen LogP contribution in [0.5, 0.6) is 0 Å². The van der Waals surface area contributed by atoms with Crippen LogP contribution in [0.15, 0.2) is 48.5 Å². The molecule has 2 N–H and O–H groups in total. The predicted octanol–water partition coefficient (Wildman–Crippen LogP) is 3.15. The van der Waals surface area contributed by atoms with Gasteiger partial charge in [0.05, 0.1) is 17.7 Å². The SMILES string of the molecule is Cc1ccccc1C(O)CNC1CCN(Cc2ccc(C#N)cc2)CC1. The van der Waals surface area contributed by atoms with Gasteiger partial charge in [-0.15, -0.1) is 0 Å². The third-order valence-electron chi connectivity index (χ3n) is 5.22. The Morgan fingerprint density at radius 1 is 1.15 bits per heavy atom. The standard InChI is InChI=1S/C22H27N3O/c1-17-4-2-3-5-21(17)22(26)15-24-20-10-12-25(13-11-20)16-19-8-6-18(14-23)7-9-19/h2-9,20,22,24,26H,10-13,15-16H2,1H3. The molecule has 136 valence electrons. The summed E-state index contributed by atoms with van der Waals surface area (Å²) in [4.78, 5) is 2.46. The second kappa shape index (κ2) is 8.95. The van der Waals surface area contributed by atoms with Gasteiger partial charge in [-0.2, -0.15) is 5.26 Å². The van der Waals surface area contributed by atoms with Crippen LogP contribution in [0.3, 0.4) is 0 Å². The second-order valence-electron chi connectivity index (χ2n) is 7.14. The lowest BCUT2D eigenvalue weighted by Gasteiger charge is -2.33. The highest BCUT2D eigenvalue weighted by molar-refractivity contribution is 5.31. The lowest BCUT2D eigenvalue weighted by Crippen LogP contribution is -2.43. The molecule has 26 heavy (non-hydrogen) atoms. The van der Waals surface area contributed by atoms with Gasteiger partial charge in [0, 0.05) is 19.1 Å². The van der Waals surface area contributed by atoms with Crippen LogP contribution in [-0.4, -0.2) is 35.7 Å². The Kier molecular flexibility index (Phi) is 6.40. The minimum absolute atomic E-state index is 0.451. The van der Waals surface area contributed by atoms with E-state index in [2.05, 4.69) is 16.3 Å². The number of aryl methyl sites for hydroxylation is 1. The van der Waals surface area contributed by atoms with Crippen molar-refractivity contribution in [2.75, 3.05) is 19.6 Å². The van der Waals surface area contributed by atoms with E-state index in [-0.39, 0.29) is 0 Å². The van der Waals surface area contributed by atoms with Crippen molar-refractivity contribution in [2.24, 2.45) is 0 Å². The third kappa shape index (κ3) is 4.92. The van der Waals surface area contributed by atoms with Gasteiger partial charge in [0.25, 0.3) is 0 Å². The predicted molar refractivity (Wildman–Crippen MR) is 104 cm³/mol. The first-order valence-corrected chi connectivity index (χ1v) is 9.34. The fourth-order valence-electron chi connectivity index (χ4n) is 3.59. The molecular weight excluding hydrogens is 322 g/mol. The first-order chi connectivity index (χ1) is 12.7. The quantitative estimate of drug-likeness (QED) is 0.841. The van der Waals surface area contributed by atoms with Crippen LogP contribution in [0.1, 0.15) is 41.2 Å². The zero-order valence-corrected chi connectivity index (χ0v) is 15.4. The number of aliphatic hydroxyl groups excluding tert-OH is 1. The molecule has 1 aliphatic heterocycles. The van der Waals surface area contributed by atoms with Crippen molar-refractivity contribution in [3.8, 4) is 6.07 Å². The van der Waals surface area contributed by atoms with Crippen molar-refractivity contribution >= 4 is 0 Å². The van der Waals surface area contributed by atoms with E-state index in [0.29, 0.717) is 18.2 Å². The number of rotatable bonds is 6. The first-order valence-electron chi connectivity index (χ1n) is 9.34. The van der Waals surface area contributed by atoms with Crippen LogP contribution < -0.4 is 5.32 Å². The number of nitrogens with one attached hydrogen (secondary N) is 1. The zero-order valence-electron chi connectivity index (χ0n) is 15.4. The van der Waals surface area contributed by atoms with Gasteiger partial charge in [0.1, 0.15) is 0 Å². The number of hydrogen-bond donors (Lipinski definition) is 2. The Hall–Kier alpha value is -2.19. The fourth-order valence-corrected chi connectivity index (χ4v) is 3.59. The summed E-state index contributed by atoms with van der Waals surface area (Å²) in [6.07, 6.45) is 1.74. The van der Waals surface area contributed by atoms with Crippen LogP contribution in [-0.2, 0) is 6.54 Å². The molecule has 3 rings (SSSR count). The molecule has 0 aromatic heterocycles. The molecule has 1 saturated heterocycles. The molecule has 1 fully saturated rings. The van der Waals surface area contributed by atoms with Crippen molar-refractivity contribution in [3.63, 3.8) is 0 Å². The second-order valence-corrected chi connectivity index (χ2v) is 7.14. The summed E-state index contributed by atoms with van der Waals surface area (Å²) in [6, 6.07) is 18.5. The fraction of sp³-hybridized carbons (Fsp3) is 0.409. The molecule has 0 radical (unpaired) electrons. The summed E-state index contributed by atoms with van der Waals surface area (Å²) >= 11 is 0. The van der Waals surface area contributed by atoms with E-state index in [0.717, 1.165) is 43.6 Å². The maximum Gasteiger partial charge on any atom is 0.0991 e. The highest BCUT2D eigenvalue weighted by Gasteiger charge is 2.20. The molecule has 4 nitrogen and oxygen atoms in total. The van der Waals surface area contributed by atoms with E-state index in [1.807, 2.05) is 55.5 Å². The maximum atomic E-state index is 10.4. The molecule has 1 heterocycles. The Balaban J connectivity index is 1.42. The van der Waals surface area contributed by atoms with Crippen molar-refractivity contribution in [3.05, 3.63) is 70.8 Å². The van der Waals surface area contributed by atoms with Crippen LogP contribution in [0.4, 0.5) is 0 Å². The molecule has 0 amide bonds. The third-order valence-corrected chi connectivity index (χ3v) is 5.22. The molecule has 0 spiro atoms. The average Bonchev–Trinajstić information content (AvgIpc) is 2.68. The van der Waals surface area contributed by atoms with E-state index in [1.54, 1.807) is 0 Å². The first kappa shape index (κ1) is 18.6. The van der Waals surface area contributed by atoms with Crippen LogP contribution in [0.2, 0.25) is 0 Å². The molecule has 0 bridgehead atoms. The van der Waals surface area contributed by atoms with Crippen molar-refractivity contribution in [1.82, 2.24) is 10.2 Å². The highest BCUT2D eigenvalue weighted by Crippen LogP contribution is 2.18. The van der Waals surface area contributed by atoms with Gasteiger partial charge in [-0.05, 0) is 61.7 Å². The maximum absolute atomic E-state index is 10.4. The van der Waals surface area contributed by atoms with Gasteiger partial charge < -0.3 is 10.4 Å². The summed E-state index contributed by atoms with van der Waals surface area (Å²) in [5.74, 6) is 0. The number of piperidine rings is 1. The highest BCUT2D eigenvalue weighted by atomic mass is 16.3. The summed E-state index contributed by atoms with van der Waals surface area (Å²) in [5, 5.41) is 22.8. The molecule has 1 unspecified atom stereocenters. The molecule has 1 atom stereocenters. The van der Waals surface area contributed by atoms with Gasteiger partial charge in [0.2, 0.25) is 0 Å². The van der Waals surface area contributed by atoms with E-state index in [4.69, 9.17) is 5.26 Å². The molecule has 0 saturated carbocycles. The van der Waals surface area contributed by atoms with Gasteiger partial charge in [-0.25, -0.2) is 0 Å². The van der Waals surface area contributed by atoms with Crippen LogP contribution in [0.25, 0.3) is 0 Å². The van der Waals surface area contributed by atoms with Crippen molar-refractivity contribution in [1.29, 1.82) is 5.26 Å². The van der Waals surface area contributed by atoms with Crippen LogP contribution >= 0.6 is 0 Å². The molecule has 4 heteroatoms. The van der Waals surface area contributed by atoms with Gasteiger partial charge in [-0.3, -0.25) is 4.90 Å². The van der Waals surface area contributed by atoms with Crippen LogP contribution in [0, 0.1) is 18.3 Å². The lowest BCUT2D eigenvalue weighted by molar-refractivity contribution is 0.149. The minimum Gasteiger partial charge on any atom is -0.387 e. The van der Waals surface area contributed by atoms with E-state index >= 15 is 0 Å². The Bertz CT molecular complexity index is 743. The zero-order chi connectivity index (χ0) is 18.4. The van der Waals surface area contributed by atoms with E-state index in [1.165, 1.54) is 5.56 Å². The van der Waals surface area contributed by atoms with Crippen molar-refractivity contribution in [2.45, 2.75) is 38.5 Å². The monoisotopic (exact) mass is 349 g/mol. The number of hydrogen-bond acceptors (Lipinski definition) is 4.